The third kappa shape index (κ3) is 3.72. The summed E-state index contributed by atoms with van der Waals surface area (Å²) in [5.74, 6) is -0.155. The Hall–Kier alpha value is -1.56. The molecule has 0 spiro atoms. The number of nitrogens with zero attached hydrogens (tertiary/aromatic N) is 1. The van der Waals surface area contributed by atoms with Gasteiger partial charge in [0.15, 0.2) is 0 Å². The highest BCUT2D eigenvalue weighted by molar-refractivity contribution is 9.10. The first-order chi connectivity index (χ1) is 9.58. The van der Waals surface area contributed by atoms with Crippen molar-refractivity contribution >= 4 is 27.7 Å². The van der Waals surface area contributed by atoms with E-state index in [-0.39, 0.29) is 23.1 Å². The van der Waals surface area contributed by atoms with E-state index < -0.39 is 0 Å². The van der Waals surface area contributed by atoms with Crippen molar-refractivity contribution in [3.8, 4) is 5.75 Å². The van der Waals surface area contributed by atoms with Gasteiger partial charge in [-0.2, -0.15) is 0 Å². The highest BCUT2D eigenvalue weighted by atomic mass is 79.9. The molecule has 2 N–H and O–H groups in total. The first kappa shape index (κ1) is 14.8. The highest BCUT2D eigenvalue weighted by Crippen LogP contribution is 2.21. The molecule has 6 heteroatoms. The van der Waals surface area contributed by atoms with Gasteiger partial charge in [0.05, 0.1) is 5.56 Å². The molecule has 20 heavy (non-hydrogen) atoms. The van der Waals surface area contributed by atoms with E-state index in [2.05, 4.69) is 21.2 Å². The minimum atomic E-state index is -0.309. The standard InChI is InChI=1S/C14H17BrN2O3/c15-10-4-5-12(18)11(9-10)14(20)16-6-2-8-17-7-1-3-13(17)19/h4-5,9,18H,1-3,6-8H2,(H,16,20). The van der Waals surface area contributed by atoms with Gasteiger partial charge in [0.25, 0.3) is 5.91 Å². The van der Waals surface area contributed by atoms with Crippen LogP contribution in [0.15, 0.2) is 22.7 Å². The molecule has 0 aromatic heterocycles. The van der Waals surface area contributed by atoms with Crippen LogP contribution in [-0.4, -0.2) is 41.5 Å². The Morgan fingerprint density at radius 3 is 2.95 bits per heavy atom. The van der Waals surface area contributed by atoms with Gasteiger partial charge in [0.1, 0.15) is 5.75 Å². The van der Waals surface area contributed by atoms with E-state index in [1.54, 1.807) is 12.1 Å². The fourth-order valence-electron chi connectivity index (χ4n) is 2.20. The molecule has 1 fully saturated rings. The predicted molar refractivity (Wildman–Crippen MR) is 78.6 cm³/mol. The van der Waals surface area contributed by atoms with Crippen LogP contribution in [0, 0.1) is 0 Å². The molecule has 2 rings (SSSR count). The van der Waals surface area contributed by atoms with Gasteiger partial charge in [0, 0.05) is 30.5 Å². The molecule has 1 aromatic carbocycles. The van der Waals surface area contributed by atoms with Crippen LogP contribution in [-0.2, 0) is 4.79 Å². The SMILES string of the molecule is O=C(NCCCN1CCCC1=O)c1cc(Br)ccc1O. The summed E-state index contributed by atoms with van der Waals surface area (Å²) >= 11 is 3.26. The third-order valence-electron chi connectivity index (χ3n) is 3.26. The quantitative estimate of drug-likeness (QED) is 0.804. The van der Waals surface area contributed by atoms with Crippen molar-refractivity contribution in [2.75, 3.05) is 19.6 Å². The Balaban J connectivity index is 1.77. The van der Waals surface area contributed by atoms with Crippen molar-refractivity contribution in [3.63, 3.8) is 0 Å². The Bertz CT molecular complexity index is 519. The maximum absolute atomic E-state index is 11.9. The molecule has 1 aliphatic rings. The average Bonchev–Trinajstić information content (AvgIpc) is 2.83. The summed E-state index contributed by atoms with van der Waals surface area (Å²) in [6.45, 7) is 1.97. The summed E-state index contributed by atoms with van der Waals surface area (Å²) in [4.78, 5) is 25.1. The monoisotopic (exact) mass is 340 g/mol. The second-order valence-electron chi connectivity index (χ2n) is 4.76. The summed E-state index contributed by atoms with van der Waals surface area (Å²) in [6.07, 6.45) is 2.28. The van der Waals surface area contributed by atoms with Crippen LogP contribution >= 0.6 is 15.9 Å². The maximum Gasteiger partial charge on any atom is 0.255 e. The van der Waals surface area contributed by atoms with Crippen LogP contribution in [0.25, 0.3) is 0 Å². The van der Waals surface area contributed by atoms with Crippen LogP contribution < -0.4 is 5.32 Å². The number of phenols is 1. The second-order valence-corrected chi connectivity index (χ2v) is 5.67. The molecule has 0 bridgehead atoms. The van der Waals surface area contributed by atoms with Gasteiger partial charge in [-0.3, -0.25) is 9.59 Å². The minimum absolute atomic E-state index is 0.0413. The van der Waals surface area contributed by atoms with Gasteiger partial charge >= 0.3 is 0 Å². The van der Waals surface area contributed by atoms with E-state index >= 15 is 0 Å². The van der Waals surface area contributed by atoms with Crippen LogP contribution in [0.2, 0.25) is 0 Å². The smallest absolute Gasteiger partial charge is 0.255 e. The lowest BCUT2D eigenvalue weighted by Gasteiger charge is -2.15. The number of carbonyl (C=O) groups is 2. The highest BCUT2D eigenvalue weighted by Gasteiger charge is 2.19. The molecule has 0 atom stereocenters. The van der Waals surface area contributed by atoms with Gasteiger partial charge < -0.3 is 15.3 Å². The zero-order valence-corrected chi connectivity index (χ0v) is 12.6. The van der Waals surface area contributed by atoms with Crippen molar-refractivity contribution in [1.29, 1.82) is 0 Å². The Labute approximate surface area is 126 Å². The van der Waals surface area contributed by atoms with E-state index in [0.29, 0.717) is 25.9 Å². The van der Waals surface area contributed by atoms with Gasteiger partial charge in [-0.1, -0.05) is 15.9 Å². The predicted octanol–water partition coefficient (Wildman–Crippen LogP) is 1.90. The fraction of sp³-hybridized carbons (Fsp3) is 0.429. The summed E-state index contributed by atoms with van der Waals surface area (Å²) < 4.78 is 0.739. The molecule has 0 unspecified atom stereocenters. The third-order valence-corrected chi connectivity index (χ3v) is 3.76. The van der Waals surface area contributed by atoms with Crippen LogP contribution in [0.3, 0.4) is 0 Å². The molecule has 1 saturated heterocycles. The van der Waals surface area contributed by atoms with Gasteiger partial charge in [-0.05, 0) is 31.0 Å². The molecule has 0 saturated carbocycles. The van der Waals surface area contributed by atoms with E-state index in [1.807, 2.05) is 4.90 Å². The van der Waals surface area contributed by atoms with Gasteiger partial charge in [-0.15, -0.1) is 0 Å². The number of hydrogen-bond donors (Lipinski definition) is 2. The van der Waals surface area contributed by atoms with Crippen molar-refractivity contribution in [3.05, 3.63) is 28.2 Å². The van der Waals surface area contributed by atoms with Crippen molar-refractivity contribution in [2.45, 2.75) is 19.3 Å². The molecule has 108 valence electrons. The van der Waals surface area contributed by atoms with Crippen LogP contribution in [0.5, 0.6) is 5.75 Å². The Morgan fingerprint density at radius 1 is 1.45 bits per heavy atom. The number of halogens is 1. The topological polar surface area (TPSA) is 69.6 Å². The molecule has 2 amide bonds. The van der Waals surface area contributed by atoms with E-state index in [0.717, 1.165) is 17.4 Å². The van der Waals surface area contributed by atoms with E-state index in [4.69, 9.17) is 0 Å². The van der Waals surface area contributed by atoms with E-state index in [9.17, 15) is 14.7 Å². The summed E-state index contributed by atoms with van der Waals surface area (Å²) in [7, 11) is 0. The zero-order valence-electron chi connectivity index (χ0n) is 11.1. The lowest BCUT2D eigenvalue weighted by atomic mass is 10.2. The average molecular weight is 341 g/mol. The molecular weight excluding hydrogens is 324 g/mol. The normalized spacial score (nSPS) is 14.7. The summed E-state index contributed by atoms with van der Waals surface area (Å²) in [5.41, 5.74) is 0.247. The number of hydrogen-bond acceptors (Lipinski definition) is 3. The first-order valence-electron chi connectivity index (χ1n) is 6.62. The zero-order chi connectivity index (χ0) is 14.5. The second kappa shape index (κ2) is 6.74. The minimum Gasteiger partial charge on any atom is -0.507 e. The summed E-state index contributed by atoms with van der Waals surface area (Å²) in [5, 5.41) is 12.4. The van der Waals surface area contributed by atoms with Crippen molar-refractivity contribution in [2.24, 2.45) is 0 Å². The molecular formula is C14H17BrN2O3. The van der Waals surface area contributed by atoms with E-state index in [1.165, 1.54) is 6.07 Å². The van der Waals surface area contributed by atoms with Gasteiger partial charge in [0.2, 0.25) is 5.91 Å². The summed E-state index contributed by atoms with van der Waals surface area (Å²) in [6, 6.07) is 4.72. The molecule has 1 aromatic rings. The molecule has 5 nitrogen and oxygen atoms in total. The Morgan fingerprint density at radius 2 is 2.25 bits per heavy atom. The number of carbonyl (C=O) groups excluding carboxylic acids is 2. The number of likely N-dealkylation sites (tertiary alicyclic amines) is 1. The largest absolute Gasteiger partial charge is 0.507 e. The fourth-order valence-corrected chi connectivity index (χ4v) is 2.56. The van der Waals surface area contributed by atoms with Crippen LogP contribution in [0.1, 0.15) is 29.6 Å². The number of rotatable bonds is 5. The molecule has 1 aliphatic heterocycles. The number of aromatic hydroxyl groups is 1. The number of benzene rings is 1. The number of amides is 2. The molecule has 0 aliphatic carbocycles. The van der Waals surface area contributed by atoms with Crippen molar-refractivity contribution in [1.82, 2.24) is 10.2 Å². The van der Waals surface area contributed by atoms with Crippen LogP contribution in [0.4, 0.5) is 0 Å². The van der Waals surface area contributed by atoms with Gasteiger partial charge in [-0.25, -0.2) is 0 Å². The molecule has 1 heterocycles. The number of phenolic OH excluding ortho intramolecular Hbond substituents is 1. The molecule has 0 radical (unpaired) electrons. The Kier molecular flexibility index (Phi) is 5.00. The van der Waals surface area contributed by atoms with Crippen molar-refractivity contribution < 1.29 is 14.7 Å². The first-order valence-corrected chi connectivity index (χ1v) is 7.42. The lowest BCUT2D eigenvalue weighted by molar-refractivity contribution is -0.127. The lowest BCUT2D eigenvalue weighted by Crippen LogP contribution is -2.30. The number of nitrogens with one attached hydrogen (secondary N) is 1. The maximum atomic E-state index is 11.9.